The lowest BCUT2D eigenvalue weighted by Crippen LogP contribution is -2.41. The number of Topliss-reactive ketones (excluding diaryl/α,β-unsaturated/α-hetero) is 1. The molecule has 3 heteroatoms. The third-order valence-electron chi connectivity index (χ3n) is 4.67. The van der Waals surface area contributed by atoms with Crippen molar-refractivity contribution >= 4 is 5.78 Å². The van der Waals surface area contributed by atoms with Crippen LogP contribution in [0.25, 0.3) is 0 Å². The molecule has 2 rings (SSSR count). The summed E-state index contributed by atoms with van der Waals surface area (Å²) in [5.74, 6) is 0.733. The van der Waals surface area contributed by atoms with Gasteiger partial charge in [-0.25, -0.2) is 0 Å². The maximum Gasteiger partial charge on any atom is 0.137 e. The fraction of sp³-hybridized carbons (Fsp3) is 0.938. The van der Waals surface area contributed by atoms with Gasteiger partial charge in [0, 0.05) is 38.6 Å². The highest BCUT2D eigenvalue weighted by Gasteiger charge is 2.34. The summed E-state index contributed by atoms with van der Waals surface area (Å²) in [5, 5.41) is 0. The van der Waals surface area contributed by atoms with Crippen molar-refractivity contribution in [3.8, 4) is 0 Å². The number of rotatable bonds is 3. The Labute approximate surface area is 117 Å². The first-order chi connectivity index (χ1) is 9.00. The zero-order valence-electron chi connectivity index (χ0n) is 12.8. The lowest BCUT2D eigenvalue weighted by Gasteiger charge is -2.36. The molecule has 19 heavy (non-hydrogen) atoms. The molecule has 1 aliphatic heterocycles. The Morgan fingerprint density at radius 2 is 2.21 bits per heavy atom. The SMILES string of the molecule is CCC1CN(CC2CC(C)(C)CCC2=O)CCCO1. The third kappa shape index (κ3) is 4.28. The van der Waals surface area contributed by atoms with E-state index < -0.39 is 0 Å². The molecule has 2 unspecified atom stereocenters. The molecule has 0 radical (unpaired) electrons. The summed E-state index contributed by atoms with van der Waals surface area (Å²) in [5.41, 5.74) is 0.338. The van der Waals surface area contributed by atoms with E-state index in [4.69, 9.17) is 4.74 Å². The van der Waals surface area contributed by atoms with E-state index in [1.165, 1.54) is 0 Å². The van der Waals surface area contributed by atoms with Gasteiger partial charge >= 0.3 is 0 Å². The van der Waals surface area contributed by atoms with Gasteiger partial charge in [-0.15, -0.1) is 0 Å². The van der Waals surface area contributed by atoms with E-state index in [0.717, 1.165) is 58.3 Å². The van der Waals surface area contributed by atoms with Gasteiger partial charge in [-0.1, -0.05) is 20.8 Å². The number of carbonyl (C=O) groups excluding carboxylic acids is 1. The number of hydrogen-bond donors (Lipinski definition) is 0. The highest BCUT2D eigenvalue weighted by Crippen LogP contribution is 2.37. The average Bonchev–Trinajstić information content (AvgIpc) is 2.59. The van der Waals surface area contributed by atoms with Crippen molar-refractivity contribution in [2.75, 3.05) is 26.2 Å². The second-order valence-electron chi connectivity index (χ2n) is 7.05. The first-order valence-electron chi connectivity index (χ1n) is 7.87. The lowest BCUT2D eigenvalue weighted by molar-refractivity contribution is -0.127. The van der Waals surface area contributed by atoms with Crippen LogP contribution in [0.4, 0.5) is 0 Å². The molecule has 0 N–H and O–H groups in total. The predicted octanol–water partition coefficient (Wildman–Crippen LogP) is 2.88. The van der Waals surface area contributed by atoms with Crippen LogP contribution in [-0.2, 0) is 9.53 Å². The molecule has 3 nitrogen and oxygen atoms in total. The zero-order chi connectivity index (χ0) is 13.9. The highest BCUT2D eigenvalue weighted by molar-refractivity contribution is 5.82. The predicted molar refractivity (Wildman–Crippen MR) is 77.2 cm³/mol. The second-order valence-corrected chi connectivity index (χ2v) is 7.05. The molecule has 0 aromatic carbocycles. The van der Waals surface area contributed by atoms with Crippen molar-refractivity contribution in [3.63, 3.8) is 0 Å². The maximum atomic E-state index is 12.1. The number of ketones is 1. The van der Waals surface area contributed by atoms with Crippen LogP contribution in [0.2, 0.25) is 0 Å². The Kier molecular flexibility index (Phi) is 5.02. The molecule has 1 aliphatic carbocycles. The second kappa shape index (κ2) is 6.36. The molecule has 0 spiro atoms. The largest absolute Gasteiger partial charge is 0.377 e. The summed E-state index contributed by atoms with van der Waals surface area (Å²) < 4.78 is 5.81. The van der Waals surface area contributed by atoms with Gasteiger partial charge in [-0.2, -0.15) is 0 Å². The van der Waals surface area contributed by atoms with E-state index in [-0.39, 0.29) is 5.92 Å². The number of ether oxygens (including phenoxy) is 1. The van der Waals surface area contributed by atoms with E-state index >= 15 is 0 Å². The van der Waals surface area contributed by atoms with E-state index in [9.17, 15) is 4.79 Å². The minimum Gasteiger partial charge on any atom is -0.377 e. The van der Waals surface area contributed by atoms with Gasteiger partial charge < -0.3 is 4.74 Å². The van der Waals surface area contributed by atoms with Gasteiger partial charge in [-0.3, -0.25) is 9.69 Å². The van der Waals surface area contributed by atoms with E-state index in [1.54, 1.807) is 0 Å². The molecule has 0 aromatic rings. The number of carbonyl (C=O) groups is 1. The maximum absolute atomic E-state index is 12.1. The summed E-state index contributed by atoms with van der Waals surface area (Å²) in [6, 6.07) is 0. The molecule has 1 saturated heterocycles. The third-order valence-corrected chi connectivity index (χ3v) is 4.67. The summed E-state index contributed by atoms with van der Waals surface area (Å²) in [4.78, 5) is 14.6. The Bertz CT molecular complexity index is 314. The summed E-state index contributed by atoms with van der Waals surface area (Å²) in [7, 11) is 0. The Hall–Kier alpha value is -0.410. The molecule has 0 amide bonds. The summed E-state index contributed by atoms with van der Waals surface area (Å²) >= 11 is 0. The fourth-order valence-corrected chi connectivity index (χ4v) is 3.41. The molecule has 2 fully saturated rings. The Balaban J connectivity index is 1.92. The van der Waals surface area contributed by atoms with E-state index in [2.05, 4.69) is 25.7 Å². The monoisotopic (exact) mass is 267 g/mol. The highest BCUT2D eigenvalue weighted by atomic mass is 16.5. The normalized spacial score (nSPS) is 33.1. The van der Waals surface area contributed by atoms with Crippen molar-refractivity contribution in [1.29, 1.82) is 0 Å². The number of hydrogen-bond acceptors (Lipinski definition) is 3. The van der Waals surface area contributed by atoms with E-state index in [0.29, 0.717) is 17.3 Å². The Morgan fingerprint density at radius 1 is 1.42 bits per heavy atom. The smallest absolute Gasteiger partial charge is 0.137 e. The fourth-order valence-electron chi connectivity index (χ4n) is 3.41. The average molecular weight is 267 g/mol. The van der Waals surface area contributed by atoms with Crippen LogP contribution in [0.1, 0.15) is 52.9 Å². The Morgan fingerprint density at radius 3 is 2.95 bits per heavy atom. The molecule has 1 heterocycles. The topological polar surface area (TPSA) is 29.5 Å². The molecule has 110 valence electrons. The van der Waals surface area contributed by atoms with Crippen LogP contribution >= 0.6 is 0 Å². The quantitative estimate of drug-likeness (QED) is 0.787. The molecular weight excluding hydrogens is 238 g/mol. The van der Waals surface area contributed by atoms with Crippen molar-refractivity contribution in [3.05, 3.63) is 0 Å². The van der Waals surface area contributed by atoms with Crippen LogP contribution in [0.3, 0.4) is 0 Å². The van der Waals surface area contributed by atoms with Crippen molar-refractivity contribution in [2.24, 2.45) is 11.3 Å². The van der Waals surface area contributed by atoms with Gasteiger partial charge in [-0.05, 0) is 31.1 Å². The molecule has 2 aliphatic rings. The van der Waals surface area contributed by atoms with Gasteiger partial charge in [0.15, 0.2) is 0 Å². The zero-order valence-corrected chi connectivity index (χ0v) is 12.8. The summed E-state index contributed by atoms with van der Waals surface area (Å²) in [6.45, 7) is 10.7. The van der Waals surface area contributed by atoms with Crippen molar-refractivity contribution in [2.45, 2.75) is 59.0 Å². The number of nitrogens with zero attached hydrogens (tertiary/aromatic N) is 1. The van der Waals surface area contributed by atoms with Gasteiger partial charge in [0.25, 0.3) is 0 Å². The van der Waals surface area contributed by atoms with Crippen LogP contribution in [0.15, 0.2) is 0 Å². The minimum atomic E-state index is 0.249. The van der Waals surface area contributed by atoms with Gasteiger partial charge in [0.1, 0.15) is 5.78 Å². The lowest BCUT2D eigenvalue weighted by atomic mass is 9.71. The van der Waals surface area contributed by atoms with E-state index in [1.807, 2.05) is 0 Å². The molecule has 0 aromatic heterocycles. The summed E-state index contributed by atoms with van der Waals surface area (Å²) in [6.07, 6.45) is 5.41. The van der Waals surface area contributed by atoms with Crippen LogP contribution in [0.5, 0.6) is 0 Å². The molecule has 0 bridgehead atoms. The molecule has 2 atom stereocenters. The first kappa shape index (κ1) is 15.0. The molecule has 1 saturated carbocycles. The van der Waals surface area contributed by atoms with Crippen molar-refractivity contribution in [1.82, 2.24) is 4.90 Å². The standard InChI is InChI=1S/C16H29NO2/c1-4-14-12-17(8-5-9-19-14)11-13-10-16(2,3)7-6-15(13)18/h13-14H,4-12H2,1-3H3. The van der Waals surface area contributed by atoms with Crippen LogP contribution < -0.4 is 0 Å². The van der Waals surface area contributed by atoms with Crippen LogP contribution in [0, 0.1) is 11.3 Å². The van der Waals surface area contributed by atoms with Crippen molar-refractivity contribution < 1.29 is 9.53 Å². The van der Waals surface area contributed by atoms with Gasteiger partial charge in [0.2, 0.25) is 0 Å². The van der Waals surface area contributed by atoms with Gasteiger partial charge in [0.05, 0.1) is 6.10 Å². The minimum absolute atomic E-state index is 0.249. The first-order valence-corrected chi connectivity index (χ1v) is 7.87. The van der Waals surface area contributed by atoms with Crippen LogP contribution in [-0.4, -0.2) is 43.0 Å². The molecular formula is C16H29NO2.